The molecule has 0 aliphatic carbocycles. The Labute approximate surface area is 130 Å². The summed E-state index contributed by atoms with van der Waals surface area (Å²) in [7, 11) is 0. The molecule has 0 amide bonds. The molecule has 0 fully saturated rings. The van der Waals surface area contributed by atoms with E-state index in [2.05, 4.69) is 0 Å². The second kappa shape index (κ2) is 88.2. The molecule has 2 N–H and O–H groups in total. The van der Waals surface area contributed by atoms with E-state index >= 15 is 0 Å². The van der Waals surface area contributed by atoms with Gasteiger partial charge in [-0.25, -0.2) is 0 Å². The first-order valence-corrected chi connectivity index (χ1v) is 17.5. The predicted octanol–water partition coefficient (Wildman–Crippen LogP) is 1.99. The molecule has 0 unspecified atom stereocenters. The molecule has 0 aromatic rings. The average Bonchev–Trinajstić information content (AvgIpc) is 1.41. The maximum atomic E-state index is 8.25. The van der Waals surface area contributed by atoms with E-state index in [-0.39, 0.29) is 50.0 Å². The van der Waals surface area contributed by atoms with Gasteiger partial charge in [0.05, 0.1) is 5.09 Å². The molecule has 0 aromatic carbocycles. The zero-order valence-corrected chi connectivity index (χ0v) is 10.4. The molecule has 0 heterocycles. The van der Waals surface area contributed by atoms with Crippen molar-refractivity contribution in [2.45, 2.75) is 44.6 Å². The summed E-state index contributed by atoms with van der Waals surface area (Å²) in [5, 5.41) is 14.8. The van der Waals surface area contributed by atoms with Crippen molar-refractivity contribution in [1.29, 1.82) is 0 Å². The molecular formula is C6H26K2NO4-. The minimum absolute atomic E-state index is 0. The van der Waals surface area contributed by atoms with E-state index in [4.69, 9.17) is 15.3 Å². The van der Waals surface area contributed by atoms with Gasteiger partial charge >= 0.3 is 63.2 Å². The normalized spacial score (nSPS) is 2.46. The third kappa shape index (κ3) is 377. The van der Waals surface area contributed by atoms with Gasteiger partial charge in [-0.1, -0.05) is 44.6 Å². The first-order chi connectivity index (χ1) is 2.73. The third-order valence-corrected chi connectivity index (χ3v) is 0. The Morgan fingerprint density at radius 1 is 0.769 bits per heavy atom. The van der Waals surface area contributed by atoms with Crippen molar-refractivity contribution in [2.75, 3.05) is 0 Å². The van der Waals surface area contributed by atoms with E-state index in [0.717, 1.165) is 0 Å². The standard InChI is InChI=1S/6CH4.2K.NO3.H2O/c;;;;;;;;2-1(3)4;/h6*1H4;;;;1H2/q;;;;;;;;-1;. The first kappa shape index (κ1) is 77.7. The SMILES string of the molecule is C.C.C.C.C.C.O.O=[N+]([O-])[O-].[K][K]. The number of hydrogen-bond donors (Lipinski definition) is 0. The fourth-order valence-corrected chi connectivity index (χ4v) is 0. The Balaban J connectivity index is -0.00000000242. The van der Waals surface area contributed by atoms with Crippen LogP contribution in [0.5, 0.6) is 0 Å². The number of nitrogens with zero attached hydrogens (tertiary/aromatic N) is 1. The van der Waals surface area contributed by atoms with E-state index in [1.165, 1.54) is 63.2 Å². The Morgan fingerprint density at radius 3 is 0.769 bits per heavy atom. The predicted molar refractivity (Wildman–Crippen MR) is 65.9 cm³/mol. The van der Waals surface area contributed by atoms with E-state index in [9.17, 15) is 0 Å². The van der Waals surface area contributed by atoms with Gasteiger partial charge in [0.2, 0.25) is 0 Å². The van der Waals surface area contributed by atoms with E-state index in [0.29, 0.717) is 0 Å². The van der Waals surface area contributed by atoms with Crippen molar-refractivity contribution >= 4 is 63.2 Å². The zero-order valence-electron chi connectivity index (χ0n) is 4.17. The Kier molecular flexibility index (Phi) is 527. The minimum atomic E-state index is -1.75. The van der Waals surface area contributed by atoms with Gasteiger partial charge < -0.3 is 20.8 Å². The van der Waals surface area contributed by atoms with Crippen LogP contribution in [0.1, 0.15) is 44.6 Å². The molecule has 7 heteroatoms. The van der Waals surface area contributed by atoms with Crippen LogP contribution in [0.15, 0.2) is 0 Å². The quantitative estimate of drug-likeness (QED) is 0.375. The molecule has 0 aliphatic rings. The fraction of sp³-hybridized carbons (Fsp3) is 1.00. The molecule has 0 rings (SSSR count). The Bertz CT molecular complexity index is 45.6. The van der Waals surface area contributed by atoms with Gasteiger partial charge in [0.25, 0.3) is 0 Å². The molecule has 0 saturated heterocycles. The molecule has 0 spiro atoms. The number of rotatable bonds is 0. The summed E-state index contributed by atoms with van der Waals surface area (Å²) in [6.45, 7) is 0. The molecule has 82 valence electrons. The fourth-order valence-electron chi connectivity index (χ4n) is 0. The number of hydrogen-bond acceptors (Lipinski definition) is 3. The first-order valence-electron chi connectivity index (χ1n) is 1.55. The summed E-state index contributed by atoms with van der Waals surface area (Å²) < 4.78 is 0. The van der Waals surface area contributed by atoms with Crippen LogP contribution < -0.4 is 0 Å². The zero-order chi connectivity index (χ0) is 5.58. The van der Waals surface area contributed by atoms with E-state index < -0.39 is 5.09 Å². The van der Waals surface area contributed by atoms with Crippen molar-refractivity contribution in [1.82, 2.24) is 0 Å². The summed E-state index contributed by atoms with van der Waals surface area (Å²) in [4.78, 5) is 8.25. The summed E-state index contributed by atoms with van der Waals surface area (Å²) in [6.07, 6.45) is 0. The molecule has 0 radical (unpaired) electrons. The summed E-state index contributed by atoms with van der Waals surface area (Å²) in [5.41, 5.74) is 0. The van der Waals surface area contributed by atoms with E-state index in [1.807, 2.05) is 0 Å². The third-order valence-electron chi connectivity index (χ3n) is 0. The van der Waals surface area contributed by atoms with Crippen molar-refractivity contribution in [3.8, 4) is 0 Å². The van der Waals surface area contributed by atoms with Crippen LogP contribution in [0.25, 0.3) is 0 Å². The Hall–Kier alpha value is 2.43. The molecular weight excluding hydrogens is 228 g/mol. The second-order valence-corrected chi connectivity index (χ2v) is 0.224. The molecule has 0 saturated carbocycles. The molecule has 0 aromatic heterocycles. The summed E-state index contributed by atoms with van der Waals surface area (Å²) in [6, 6.07) is 0. The van der Waals surface area contributed by atoms with Crippen LogP contribution in [0, 0.1) is 15.3 Å². The molecule has 0 aliphatic heterocycles. The van der Waals surface area contributed by atoms with Gasteiger partial charge in [0, 0.05) is 0 Å². The van der Waals surface area contributed by atoms with Crippen molar-refractivity contribution in [3.63, 3.8) is 0 Å². The van der Waals surface area contributed by atoms with Crippen LogP contribution in [-0.4, -0.2) is 73.7 Å². The van der Waals surface area contributed by atoms with Gasteiger partial charge in [-0.3, -0.25) is 0 Å². The maximum absolute atomic E-state index is 8.25. The average molecular weight is 254 g/mol. The van der Waals surface area contributed by atoms with Gasteiger partial charge in [-0.05, 0) is 0 Å². The van der Waals surface area contributed by atoms with Gasteiger partial charge in [-0.15, -0.1) is 0 Å². The van der Waals surface area contributed by atoms with Gasteiger partial charge in [-0.2, -0.15) is 0 Å². The van der Waals surface area contributed by atoms with Gasteiger partial charge in [0.15, 0.2) is 0 Å². The monoisotopic (exact) mass is 254 g/mol. The van der Waals surface area contributed by atoms with E-state index in [1.54, 1.807) is 0 Å². The van der Waals surface area contributed by atoms with Crippen molar-refractivity contribution in [2.24, 2.45) is 0 Å². The summed E-state index contributed by atoms with van der Waals surface area (Å²) >= 11 is 2.50. The van der Waals surface area contributed by atoms with Crippen LogP contribution in [0.3, 0.4) is 0 Å². The molecule has 5 nitrogen and oxygen atoms in total. The molecule has 0 atom stereocenters. The van der Waals surface area contributed by atoms with Crippen LogP contribution in [0.2, 0.25) is 0 Å². The second-order valence-electron chi connectivity index (χ2n) is 0.224. The van der Waals surface area contributed by atoms with Crippen LogP contribution >= 0.6 is 0 Å². The van der Waals surface area contributed by atoms with Crippen molar-refractivity contribution < 1.29 is 10.6 Å². The van der Waals surface area contributed by atoms with Crippen LogP contribution in [-0.2, 0) is 0 Å². The van der Waals surface area contributed by atoms with Crippen molar-refractivity contribution in [3.05, 3.63) is 15.3 Å². The summed E-state index contributed by atoms with van der Waals surface area (Å²) in [5.74, 6) is 0. The topological polar surface area (TPSA) is 97.7 Å². The molecule has 0 bridgehead atoms. The Morgan fingerprint density at radius 2 is 0.769 bits per heavy atom. The van der Waals surface area contributed by atoms with Gasteiger partial charge in [0.1, 0.15) is 0 Å². The molecule has 13 heavy (non-hydrogen) atoms. The van der Waals surface area contributed by atoms with Crippen LogP contribution in [0.4, 0.5) is 0 Å².